The molecule has 0 spiro atoms. The van der Waals surface area contributed by atoms with Crippen molar-refractivity contribution >= 4 is 5.97 Å². The molecule has 0 heterocycles. The molecule has 0 saturated heterocycles. The van der Waals surface area contributed by atoms with Gasteiger partial charge in [-0.25, -0.2) is 0 Å². The lowest BCUT2D eigenvalue weighted by Gasteiger charge is -2.09. The quantitative estimate of drug-likeness (QED) is 0.542. The molecule has 0 aliphatic carbocycles. The minimum atomic E-state index is -0.775. The maximum Gasteiger partial charge on any atom is 0.304 e. The molecule has 0 aromatic rings. The monoisotopic (exact) mass is 161 g/mol. The van der Waals surface area contributed by atoms with Crippen LogP contribution < -0.4 is 5.32 Å². The smallest absolute Gasteiger partial charge is 0.304 e. The first kappa shape index (κ1) is 10.4. The van der Waals surface area contributed by atoms with Crippen LogP contribution in [0.4, 0.5) is 0 Å². The molecule has 1 unspecified atom stereocenters. The highest BCUT2D eigenvalue weighted by Crippen LogP contribution is 1.83. The zero-order valence-corrected chi connectivity index (χ0v) is 6.96. The lowest BCUT2D eigenvalue weighted by atomic mass is 10.4. The van der Waals surface area contributed by atoms with E-state index in [-0.39, 0.29) is 12.5 Å². The van der Waals surface area contributed by atoms with Crippen LogP contribution in [-0.2, 0) is 9.53 Å². The fourth-order valence-electron chi connectivity index (χ4n) is 0.584. The first-order chi connectivity index (χ1) is 5.16. The summed E-state index contributed by atoms with van der Waals surface area (Å²) < 4.78 is 4.95. The Morgan fingerprint density at radius 2 is 2.36 bits per heavy atom. The van der Waals surface area contributed by atoms with Crippen LogP contribution >= 0.6 is 0 Å². The Morgan fingerprint density at radius 3 is 2.82 bits per heavy atom. The van der Waals surface area contributed by atoms with Crippen molar-refractivity contribution in [2.24, 2.45) is 0 Å². The number of methoxy groups -OCH3 is 1. The summed E-state index contributed by atoms with van der Waals surface area (Å²) in [6.07, 6.45) is 0.306. The van der Waals surface area contributed by atoms with E-state index in [1.165, 1.54) is 0 Å². The van der Waals surface area contributed by atoms with Crippen molar-refractivity contribution in [3.63, 3.8) is 0 Å². The highest BCUT2D eigenvalue weighted by molar-refractivity contribution is 5.66. The highest BCUT2D eigenvalue weighted by Gasteiger charge is 1.99. The zero-order chi connectivity index (χ0) is 8.69. The summed E-state index contributed by atoms with van der Waals surface area (Å²) in [5.74, 6) is -0.775. The number of aliphatic carboxylic acids is 1. The molecule has 0 amide bonds. The van der Waals surface area contributed by atoms with Crippen molar-refractivity contribution in [1.29, 1.82) is 0 Å². The minimum Gasteiger partial charge on any atom is -0.481 e. The van der Waals surface area contributed by atoms with Crippen molar-refractivity contribution in [2.45, 2.75) is 19.4 Å². The van der Waals surface area contributed by atoms with Gasteiger partial charge in [0.15, 0.2) is 0 Å². The number of carbonyl (C=O) groups is 1. The summed E-state index contributed by atoms with van der Waals surface area (Å²) in [6, 6.07) is 0. The minimum absolute atomic E-state index is 0.142. The van der Waals surface area contributed by atoms with Gasteiger partial charge in [-0.3, -0.25) is 4.79 Å². The maximum absolute atomic E-state index is 10.0. The second-order valence-electron chi connectivity index (χ2n) is 2.39. The van der Waals surface area contributed by atoms with Crippen LogP contribution in [0.2, 0.25) is 0 Å². The fourth-order valence-corrected chi connectivity index (χ4v) is 0.584. The van der Waals surface area contributed by atoms with Gasteiger partial charge >= 0.3 is 5.97 Å². The molecule has 0 aliphatic heterocycles. The van der Waals surface area contributed by atoms with E-state index in [0.717, 1.165) is 0 Å². The SMILES string of the molecule is COC(C)CNCCC(=O)O. The van der Waals surface area contributed by atoms with Crippen LogP contribution in [0.5, 0.6) is 0 Å². The molecule has 0 bridgehead atoms. The molecule has 0 aromatic heterocycles. The van der Waals surface area contributed by atoms with Gasteiger partial charge in [0.25, 0.3) is 0 Å². The van der Waals surface area contributed by atoms with Crippen molar-refractivity contribution in [3.8, 4) is 0 Å². The van der Waals surface area contributed by atoms with Crippen molar-refractivity contribution in [1.82, 2.24) is 5.32 Å². The maximum atomic E-state index is 10.0. The van der Waals surface area contributed by atoms with Crippen LogP contribution in [0.15, 0.2) is 0 Å². The molecule has 1 atom stereocenters. The summed E-state index contributed by atoms with van der Waals surface area (Å²) >= 11 is 0. The predicted molar refractivity (Wildman–Crippen MR) is 41.6 cm³/mol. The number of ether oxygens (including phenoxy) is 1. The van der Waals surface area contributed by atoms with Gasteiger partial charge in [-0.15, -0.1) is 0 Å². The third-order valence-electron chi connectivity index (χ3n) is 1.35. The van der Waals surface area contributed by atoms with Crippen molar-refractivity contribution < 1.29 is 14.6 Å². The molecule has 11 heavy (non-hydrogen) atoms. The van der Waals surface area contributed by atoms with Gasteiger partial charge in [-0.2, -0.15) is 0 Å². The van der Waals surface area contributed by atoms with E-state index in [9.17, 15) is 4.79 Å². The van der Waals surface area contributed by atoms with Gasteiger partial charge in [0.05, 0.1) is 12.5 Å². The van der Waals surface area contributed by atoms with Crippen LogP contribution in [0.3, 0.4) is 0 Å². The largest absolute Gasteiger partial charge is 0.481 e. The second kappa shape index (κ2) is 6.12. The Balaban J connectivity index is 3.08. The van der Waals surface area contributed by atoms with Crippen LogP contribution in [0, 0.1) is 0 Å². The molecular weight excluding hydrogens is 146 g/mol. The Hall–Kier alpha value is -0.610. The first-order valence-electron chi connectivity index (χ1n) is 3.62. The molecule has 0 aromatic carbocycles. The Bertz CT molecular complexity index is 116. The normalized spacial score (nSPS) is 12.9. The van der Waals surface area contributed by atoms with Crippen molar-refractivity contribution in [3.05, 3.63) is 0 Å². The molecule has 0 radical (unpaired) electrons. The van der Waals surface area contributed by atoms with Crippen LogP contribution in [0.1, 0.15) is 13.3 Å². The van der Waals surface area contributed by atoms with E-state index >= 15 is 0 Å². The first-order valence-corrected chi connectivity index (χ1v) is 3.62. The number of nitrogens with one attached hydrogen (secondary N) is 1. The van der Waals surface area contributed by atoms with E-state index in [0.29, 0.717) is 13.1 Å². The van der Waals surface area contributed by atoms with Gasteiger partial charge in [-0.05, 0) is 6.92 Å². The Labute approximate surface area is 66.5 Å². The Morgan fingerprint density at radius 1 is 1.73 bits per heavy atom. The molecule has 2 N–H and O–H groups in total. The summed E-state index contributed by atoms with van der Waals surface area (Å²) in [7, 11) is 1.63. The van der Waals surface area contributed by atoms with E-state index in [2.05, 4.69) is 5.32 Å². The predicted octanol–water partition coefficient (Wildman–Crippen LogP) is 0.0856. The average molecular weight is 161 g/mol. The topological polar surface area (TPSA) is 58.6 Å². The molecule has 4 nitrogen and oxygen atoms in total. The van der Waals surface area contributed by atoms with E-state index in [4.69, 9.17) is 9.84 Å². The molecule has 0 rings (SSSR count). The molecule has 0 saturated carbocycles. The lowest BCUT2D eigenvalue weighted by molar-refractivity contribution is -0.136. The third-order valence-corrected chi connectivity index (χ3v) is 1.35. The van der Waals surface area contributed by atoms with Crippen LogP contribution in [0.25, 0.3) is 0 Å². The van der Waals surface area contributed by atoms with Gasteiger partial charge in [0.1, 0.15) is 0 Å². The number of hydrogen-bond donors (Lipinski definition) is 2. The number of carboxylic acid groups (broad SMARTS) is 1. The molecule has 4 heteroatoms. The summed E-state index contributed by atoms with van der Waals surface area (Å²) in [4.78, 5) is 10.0. The summed E-state index contributed by atoms with van der Waals surface area (Å²) in [5.41, 5.74) is 0. The van der Waals surface area contributed by atoms with E-state index in [1.807, 2.05) is 6.92 Å². The average Bonchev–Trinajstić information content (AvgIpc) is 1.97. The van der Waals surface area contributed by atoms with Gasteiger partial charge in [0, 0.05) is 20.2 Å². The third kappa shape index (κ3) is 7.29. The van der Waals surface area contributed by atoms with Crippen LogP contribution in [-0.4, -0.2) is 37.4 Å². The fraction of sp³-hybridized carbons (Fsp3) is 0.857. The molecular formula is C7H15NO3. The van der Waals surface area contributed by atoms with Gasteiger partial charge < -0.3 is 15.2 Å². The van der Waals surface area contributed by atoms with Gasteiger partial charge in [-0.1, -0.05) is 0 Å². The second-order valence-corrected chi connectivity index (χ2v) is 2.39. The number of hydrogen-bond acceptors (Lipinski definition) is 3. The molecule has 0 fully saturated rings. The number of rotatable bonds is 6. The van der Waals surface area contributed by atoms with E-state index < -0.39 is 5.97 Å². The summed E-state index contributed by atoms with van der Waals surface area (Å²) in [5, 5.41) is 11.2. The lowest BCUT2D eigenvalue weighted by Crippen LogP contribution is -2.27. The van der Waals surface area contributed by atoms with Gasteiger partial charge in [0.2, 0.25) is 0 Å². The molecule has 66 valence electrons. The van der Waals surface area contributed by atoms with Crippen molar-refractivity contribution in [2.75, 3.05) is 20.2 Å². The molecule has 0 aliphatic rings. The van der Waals surface area contributed by atoms with E-state index in [1.54, 1.807) is 7.11 Å². The zero-order valence-electron chi connectivity index (χ0n) is 6.96. The number of carboxylic acids is 1. The standard InChI is InChI=1S/C7H15NO3/c1-6(11-2)5-8-4-3-7(9)10/h6,8H,3-5H2,1-2H3,(H,9,10). The highest BCUT2D eigenvalue weighted by atomic mass is 16.5. The summed E-state index contributed by atoms with van der Waals surface area (Å²) in [6.45, 7) is 3.13. The Kier molecular flexibility index (Phi) is 5.78.